The van der Waals surface area contributed by atoms with E-state index in [9.17, 15) is 4.39 Å². The second-order valence-electron chi connectivity index (χ2n) is 3.37. The molecule has 0 atom stereocenters. The number of nitrogens with two attached hydrogens (primary N) is 1. The minimum atomic E-state index is -0.357. The quantitative estimate of drug-likeness (QED) is 0.809. The summed E-state index contributed by atoms with van der Waals surface area (Å²) in [5.41, 5.74) is 6.82. The van der Waals surface area contributed by atoms with Crippen molar-refractivity contribution in [1.29, 1.82) is 0 Å². The lowest BCUT2D eigenvalue weighted by atomic mass is 10.1. The number of imidazole rings is 1. The molecule has 2 aromatic rings. The zero-order valence-electron chi connectivity index (χ0n) is 8.64. The molecule has 1 aromatic heterocycles. The fraction of sp³-hybridized carbons (Fsp3) is 0.0909. The van der Waals surface area contributed by atoms with Crippen LogP contribution in [0.25, 0.3) is 5.69 Å². The molecule has 5 heteroatoms. The van der Waals surface area contributed by atoms with Crippen molar-refractivity contribution in [2.75, 3.05) is 0 Å². The highest BCUT2D eigenvalue weighted by atomic mass is 32.1. The fourth-order valence-electron chi connectivity index (χ4n) is 1.55. The maximum atomic E-state index is 13.1. The van der Waals surface area contributed by atoms with Crippen LogP contribution < -0.4 is 5.73 Å². The predicted molar refractivity (Wildman–Crippen MR) is 64.1 cm³/mol. The first kappa shape index (κ1) is 10.8. The van der Waals surface area contributed by atoms with Crippen molar-refractivity contribution in [1.82, 2.24) is 9.55 Å². The highest BCUT2D eigenvalue weighted by molar-refractivity contribution is 7.80. The molecule has 0 fully saturated rings. The maximum Gasteiger partial charge on any atom is 0.124 e. The summed E-state index contributed by atoms with van der Waals surface area (Å²) in [7, 11) is 0. The second-order valence-corrected chi connectivity index (χ2v) is 3.81. The topological polar surface area (TPSA) is 43.8 Å². The first-order chi connectivity index (χ1) is 7.59. The molecule has 16 heavy (non-hydrogen) atoms. The number of aromatic nitrogens is 2. The van der Waals surface area contributed by atoms with Crippen LogP contribution in [0.2, 0.25) is 0 Å². The van der Waals surface area contributed by atoms with Gasteiger partial charge in [-0.3, -0.25) is 0 Å². The van der Waals surface area contributed by atoms with E-state index in [0.717, 1.165) is 11.5 Å². The van der Waals surface area contributed by atoms with Crippen molar-refractivity contribution in [3.05, 3.63) is 47.8 Å². The van der Waals surface area contributed by atoms with Crippen molar-refractivity contribution < 1.29 is 4.39 Å². The molecule has 2 rings (SSSR count). The molecule has 2 N–H and O–H groups in total. The number of benzene rings is 1. The minimum Gasteiger partial charge on any atom is -0.389 e. The molecule has 1 heterocycles. The number of thiocarbonyl (C=S) groups is 1. The summed E-state index contributed by atoms with van der Waals surface area (Å²) in [6, 6.07) is 4.34. The van der Waals surface area contributed by atoms with Gasteiger partial charge in [0.2, 0.25) is 0 Å². The van der Waals surface area contributed by atoms with Crippen LogP contribution in [-0.2, 0) is 0 Å². The second kappa shape index (κ2) is 4.02. The number of aryl methyl sites for hydroxylation is 1. The van der Waals surface area contributed by atoms with Crippen molar-refractivity contribution in [2.45, 2.75) is 6.92 Å². The van der Waals surface area contributed by atoms with Crippen LogP contribution in [0.5, 0.6) is 0 Å². The van der Waals surface area contributed by atoms with Crippen molar-refractivity contribution >= 4 is 17.2 Å². The molecule has 82 valence electrons. The zero-order chi connectivity index (χ0) is 11.7. The molecule has 0 amide bonds. The number of nitrogens with zero attached hydrogens (tertiary/aromatic N) is 2. The van der Waals surface area contributed by atoms with E-state index in [1.165, 1.54) is 12.1 Å². The molecule has 0 saturated carbocycles. The third-order valence-electron chi connectivity index (χ3n) is 2.31. The van der Waals surface area contributed by atoms with Gasteiger partial charge in [-0.15, -0.1) is 0 Å². The monoisotopic (exact) mass is 235 g/mol. The van der Waals surface area contributed by atoms with Gasteiger partial charge in [0.15, 0.2) is 0 Å². The summed E-state index contributed by atoms with van der Waals surface area (Å²) in [5.74, 6) is 0.438. The van der Waals surface area contributed by atoms with Gasteiger partial charge in [-0.2, -0.15) is 0 Å². The largest absolute Gasteiger partial charge is 0.389 e. The summed E-state index contributed by atoms with van der Waals surface area (Å²) in [4.78, 5) is 4.27. The van der Waals surface area contributed by atoms with E-state index >= 15 is 0 Å². The number of hydrogen-bond donors (Lipinski definition) is 1. The molecule has 0 aliphatic carbocycles. The molecular formula is C11H10FN3S. The average molecular weight is 235 g/mol. The Labute approximate surface area is 97.7 Å². The van der Waals surface area contributed by atoms with Gasteiger partial charge < -0.3 is 10.3 Å². The van der Waals surface area contributed by atoms with Crippen LogP contribution in [0.15, 0.2) is 30.6 Å². The molecule has 0 spiro atoms. The summed E-state index contributed by atoms with van der Waals surface area (Å²) in [6.07, 6.45) is 3.45. The molecule has 0 aliphatic heterocycles. The lowest BCUT2D eigenvalue weighted by molar-refractivity contribution is 0.627. The van der Waals surface area contributed by atoms with Crippen LogP contribution in [0, 0.1) is 12.7 Å². The average Bonchev–Trinajstić information content (AvgIpc) is 2.64. The van der Waals surface area contributed by atoms with E-state index < -0.39 is 0 Å². The van der Waals surface area contributed by atoms with Crippen LogP contribution in [-0.4, -0.2) is 14.5 Å². The third-order valence-corrected chi connectivity index (χ3v) is 2.53. The van der Waals surface area contributed by atoms with Crippen LogP contribution in [0.3, 0.4) is 0 Å². The van der Waals surface area contributed by atoms with E-state index in [1.807, 2.05) is 11.5 Å². The maximum absolute atomic E-state index is 13.1. The smallest absolute Gasteiger partial charge is 0.124 e. The van der Waals surface area contributed by atoms with E-state index in [-0.39, 0.29) is 10.8 Å². The standard InChI is InChI=1S/C11H10FN3S/c1-7-14-4-5-15(7)10-3-2-8(12)6-9(10)11(13)16/h2-6H,1H3,(H2,13,16). The normalized spacial score (nSPS) is 10.4. The Hall–Kier alpha value is -1.75. The van der Waals surface area contributed by atoms with Crippen LogP contribution in [0.1, 0.15) is 11.4 Å². The van der Waals surface area contributed by atoms with Gasteiger partial charge in [-0.25, -0.2) is 9.37 Å². The lowest BCUT2D eigenvalue weighted by Gasteiger charge is -2.10. The Morgan fingerprint density at radius 1 is 1.50 bits per heavy atom. The van der Waals surface area contributed by atoms with Crippen molar-refractivity contribution in [3.8, 4) is 5.69 Å². The highest BCUT2D eigenvalue weighted by Gasteiger charge is 2.10. The minimum absolute atomic E-state index is 0.169. The first-order valence-electron chi connectivity index (χ1n) is 4.69. The number of hydrogen-bond acceptors (Lipinski definition) is 2. The lowest BCUT2D eigenvalue weighted by Crippen LogP contribution is -2.14. The Balaban J connectivity index is 2.65. The molecule has 1 aromatic carbocycles. The van der Waals surface area contributed by atoms with Crippen LogP contribution in [0.4, 0.5) is 4.39 Å². The van der Waals surface area contributed by atoms with E-state index in [0.29, 0.717) is 5.56 Å². The zero-order valence-corrected chi connectivity index (χ0v) is 9.46. The molecular weight excluding hydrogens is 225 g/mol. The number of halogens is 1. The Morgan fingerprint density at radius 3 is 2.81 bits per heavy atom. The molecule has 0 aliphatic rings. The van der Waals surface area contributed by atoms with E-state index in [2.05, 4.69) is 4.98 Å². The predicted octanol–water partition coefficient (Wildman–Crippen LogP) is 1.95. The summed E-state index contributed by atoms with van der Waals surface area (Å²) < 4.78 is 14.9. The summed E-state index contributed by atoms with van der Waals surface area (Å²) in [5, 5.41) is 0. The molecule has 0 saturated heterocycles. The fourth-order valence-corrected chi connectivity index (χ4v) is 1.71. The first-order valence-corrected chi connectivity index (χ1v) is 5.10. The van der Waals surface area contributed by atoms with Gasteiger partial charge in [-0.05, 0) is 25.1 Å². The van der Waals surface area contributed by atoms with E-state index in [1.54, 1.807) is 18.5 Å². The van der Waals surface area contributed by atoms with Gasteiger partial charge in [0.1, 0.15) is 16.6 Å². The molecule has 0 bridgehead atoms. The third kappa shape index (κ3) is 1.81. The van der Waals surface area contributed by atoms with Gasteiger partial charge in [0, 0.05) is 18.0 Å². The van der Waals surface area contributed by atoms with Gasteiger partial charge in [0.05, 0.1) is 5.69 Å². The summed E-state index contributed by atoms with van der Waals surface area (Å²) in [6.45, 7) is 1.85. The summed E-state index contributed by atoms with van der Waals surface area (Å²) >= 11 is 4.90. The molecule has 0 unspecified atom stereocenters. The van der Waals surface area contributed by atoms with Gasteiger partial charge >= 0.3 is 0 Å². The number of rotatable bonds is 2. The Bertz CT molecular complexity index is 548. The van der Waals surface area contributed by atoms with Crippen molar-refractivity contribution in [3.63, 3.8) is 0 Å². The molecule has 3 nitrogen and oxygen atoms in total. The SMILES string of the molecule is Cc1nccn1-c1ccc(F)cc1C(N)=S. The molecule has 0 radical (unpaired) electrons. The van der Waals surface area contributed by atoms with Gasteiger partial charge in [-0.1, -0.05) is 12.2 Å². The van der Waals surface area contributed by atoms with Gasteiger partial charge in [0.25, 0.3) is 0 Å². The van der Waals surface area contributed by atoms with E-state index in [4.69, 9.17) is 18.0 Å². The Morgan fingerprint density at radius 2 is 2.25 bits per heavy atom. The highest BCUT2D eigenvalue weighted by Crippen LogP contribution is 2.17. The Kier molecular flexibility index (Phi) is 2.70. The van der Waals surface area contributed by atoms with Crippen LogP contribution >= 0.6 is 12.2 Å². The van der Waals surface area contributed by atoms with Crippen molar-refractivity contribution in [2.24, 2.45) is 5.73 Å².